The molecule has 0 aliphatic heterocycles. The third-order valence-corrected chi connectivity index (χ3v) is 4.90. The lowest BCUT2D eigenvalue weighted by Gasteiger charge is -2.10. The molecule has 0 atom stereocenters. The number of sulfonamides is 1. The second-order valence-corrected chi connectivity index (χ2v) is 7.33. The quantitative estimate of drug-likeness (QED) is 0.584. The average molecular weight is 379 g/mol. The molecule has 8 heteroatoms. The summed E-state index contributed by atoms with van der Waals surface area (Å²) in [6.45, 7) is 4.02. The van der Waals surface area contributed by atoms with Crippen LogP contribution in [-0.4, -0.2) is 34.0 Å². The van der Waals surface area contributed by atoms with E-state index in [9.17, 15) is 17.6 Å². The van der Waals surface area contributed by atoms with Crippen LogP contribution >= 0.6 is 0 Å². The van der Waals surface area contributed by atoms with Gasteiger partial charge in [0.15, 0.2) is 0 Å². The first-order valence-electron chi connectivity index (χ1n) is 8.30. The van der Waals surface area contributed by atoms with Crippen molar-refractivity contribution in [1.29, 1.82) is 0 Å². The number of carbonyl (C=O) groups is 1. The molecule has 0 aromatic heterocycles. The fourth-order valence-electron chi connectivity index (χ4n) is 2.20. The zero-order valence-corrected chi connectivity index (χ0v) is 15.3. The van der Waals surface area contributed by atoms with Crippen molar-refractivity contribution in [2.45, 2.75) is 18.2 Å². The molecule has 0 unspecified atom stereocenters. The number of hydrogen-bond donors (Lipinski definition) is 3. The van der Waals surface area contributed by atoms with Gasteiger partial charge in [0, 0.05) is 24.3 Å². The Kier molecular flexibility index (Phi) is 7.11. The maximum atomic E-state index is 12.9. The molecule has 0 spiro atoms. The van der Waals surface area contributed by atoms with Gasteiger partial charge >= 0.3 is 0 Å². The first-order chi connectivity index (χ1) is 12.4. The third-order valence-electron chi connectivity index (χ3n) is 3.52. The van der Waals surface area contributed by atoms with Crippen molar-refractivity contribution in [1.82, 2.24) is 10.6 Å². The summed E-state index contributed by atoms with van der Waals surface area (Å²) >= 11 is 0. The molecule has 2 aromatic carbocycles. The fraction of sp³-hybridized carbons (Fsp3) is 0.278. The van der Waals surface area contributed by atoms with Crippen LogP contribution in [0.1, 0.15) is 23.7 Å². The molecule has 3 N–H and O–H groups in total. The molecule has 0 aliphatic carbocycles. The van der Waals surface area contributed by atoms with Crippen LogP contribution in [-0.2, 0) is 10.0 Å². The normalized spacial score (nSPS) is 11.2. The lowest BCUT2D eigenvalue weighted by Crippen LogP contribution is -2.32. The molecule has 6 nitrogen and oxygen atoms in total. The highest BCUT2D eigenvalue weighted by atomic mass is 32.2. The van der Waals surface area contributed by atoms with Crippen molar-refractivity contribution in [3.8, 4) is 0 Å². The smallest absolute Gasteiger partial charge is 0.261 e. The summed E-state index contributed by atoms with van der Waals surface area (Å²) in [7, 11) is -3.88. The molecule has 0 heterocycles. The summed E-state index contributed by atoms with van der Waals surface area (Å²) in [4.78, 5) is 12.1. The molecule has 26 heavy (non-hydrogen) atoms. The van der Waals surface area contributed by atoms with E-state index in [1.807, 2.05) is 0 Å². The summed E-state index contributed by atoms with van der Waals surface area (Å²) in [6, 6.07) is 10.7. The SMILES string of the molecule is CCCNCCNC(=O)c1cccc(S(=O)(=O)Nc2ccc(F)cc2)c1. The minimum absolute atomic E-state index is 0.0430. The van der Waals surface area contributed by atoms with Crippen molar-refractivity contribution in [3.05, 3.63) is 59.9 Å². The Morgan fingerprint density at radius 3 is 2.46 bits per heavy atom. The number of rotatable bonds is 9. The van der Waals surface area contributed by atoms with Crippen LogP contribution in [0.4, 0.5) is 10.1 Å². The maximum Gasteiger partial charge on any atom is 0.261 e. The number of anilines is 1. The second kappa shape index (κ2) is 9.30. The zero-order valence-electron chi connectivity index (χ0n) is 14.5. The number of nitrogens with one attached hydrogen (secondary N) is 3. The van der Waals surface area contributed by atoms with Crippen LogP contribution in [0.2, 0.25) is 0 Å². The Labute approximate surface area is 152 Å². The lowest BCUT2D eigenvalue weighted by atomic mass is 10.2. The van der Waals surface area contributed by atoms with Crippen LogP contribution in [0.25, 0.3) is 0 Å². The number of halogens is 1. The Bertz CT molecular complexity index is 839. The van der Waals surface area contributed by atoms with E-state index in [-0.39, 0.29) is 22.1 Å². The van der Waals surface area contributed by atoms with Crippen LogP contribution < -0.4 is 15.4 Å². The summed E-state index contributed by atoms with van der Waals surface area (Å²) in [5, 5.41) is 5.90. The number of benzene rings is 2. The molecule has 2 rings (SSSR count). The van der Waals surface area contributed by atoms with E-state index in [2.05, 4.69) is 22.3 Å². The van der Waals surface area contributed by atoms with Gasteiger partial charge in [-0.05, 0) is 55.4 Å². The van der Waals surface area contributed by atoms with Crippen LogP contribution in [0.15, 0.2) is 53.4 Å². The Morgan fingerprint density at radius 1 is 1.04 bits per heavy atom. The van der Waals surface area contributed by atoms with E-state index in [0.29, 0.717) is 13.1 Å². The Balaban J connectivity index is 2.04. The largest absolute Gasteiger partial charge is 0.351 e. The second-order valence-electron chi connectivity index (χ2n) is 5.65. The molecule has 0 fully saturated rings. The molecule has 1 amide bonds. The topological polar surface area (TPSA) is 87.3 Å². The highest BCUT2D eigenvalue weighted by molar-refractivity contribution is 7.92. The standard InChI is InChI=1S/C18H22FN3O3S/c1-2-10-20-11-12-21-18(23)14-4-3-5-17(13-14)26(24,25)22-16-8-6-15(19)7-9-16/h3-9,13,20,22H,2,10-12H2,1H3,(H,21,23). The molecule has 0 bridgehead atoms. The van der Waals surface area contributed by atoms with Crippen molar-refractivity contribution in [2.24, 2.45) is 0 Å². The van der Waals surface area contributed by atoms with Crippen molar-refractivity contribution in [3.63, 3.8) is 0 Å². The third kappa shape index (κ3) is 5.82. The predicted octanol–water partition coefficient (Wildman–Crippen LogP) is 2.36. The Hall–Kier alpha value is -2.45. The number of hydrogen-bond acceptors (Lipinski definition) is 4. The molecule has 2 aromatic rings. The number of carbonyl (C=O) groups excluding carboxylic acids is 1. The average Bonchev–Trinajstić information content (AvgIpc) is 2.63. The predicted molar refractivity (Wildman–Crippen MR) is 99.1 cm³/mol. The Morgan fingerprint density at radius 2 is 1.77 bits per heavy atom. The highest BCUT2D eigenvalue weighted by Crippen LogP contribution is 2.17. The molecular weight excluding hydrogens is 357 g/mol. The molecule has 0 aliphatic rings. The summed E-state index contributed by atoms with van der Waals surface area (Å²) in [5.74, 6) is -0.804. The van der Waals surface area contributed by atoms with E-state index < -0.39 is 15.8 Å². The lowest BCUT2D eigenvalue weighted by molar-refractivity contribution is 0.0953. The molecule has 140 valence electrons. The molecule has 0 radical (unpaired) electrons. The van der Waals surface area contributed by atoms with Crippen LogP contribution in [0.3, 0.4) is 0 Å². The van der Waals surface area contributed by atoms with Crippen LogP contribution in [0.5, 0.6) is 0 Å². The van der Waals surface area contributed by atoms with E-state index in [1.54, 1.807) is 6.07 Å². The van der Waals surface area contributed by atoms with Gasteiger partial charge < -0.3 is 10.6 Å². The van der Waals surface area contributed by atoms with Crippen LogP contribution in [0, 0.1) is 5.82 Å². The monoisotopic (exact) mass is 379 g/mol. The summed E-state index contributed by atoms with van der Waals surface area (Å²) in [5.41, 5.74) is 0.491. The van der Waals surface area contributed by atoms with Crippen molar-refractivity contribution in [2.75, 3.05) is 24.4 Å². The fourth-order valence-corrected chi connectivity index (χ4v) is 3.31. The van der Waals surface area contributed by atoms with Gasteiger partial charge in [0.05, 0.1) is 4.90 Å². The van der Waals surface area contributed by atoms with Gasteiger partial charge in [0.2, 0.25) is 0 Å². The molecule has 0 saturated carbocycles. The molecular formula is C18H22FN3O3S. The first-order valence-corrected chi connectivity index (χ1v) is 9.78. The zero-order chi connectivity index (χ0) is 19.0. The van der Waals surface area contributed by atoms with Gasteiger partial charge in [-0.1, -0.05) is 13.0 Å². The van der Waals surface area contributed by atoms with Gasteiger partial charge in [0.1, 0.15) is 5.82 Å². The maximum absolute atomic E-state index is 12.9. The van der Waals surface area contributed by atoms with E-state index >= 15 is 0 Å². The number of amides is 1. The minimum Gasteiger partial charge on any atom is -0.351 e. The van der Waals surface area contributed by atoms with Gasteiger partial charge in [0.25, 0.3) is 15.9 Å². The summed E-state index contributed by atoms with van der Waals surface area (Å²) in [6.07, 6.45) is 1.01. The highest BCUT2D eigenvalue weighted by Gasteiger charge is 2.16. The van der Waals surface area contributed by atoms with Crippen molar-refractivity contribution < 1.29 is 17.6 Å². The van der Waals surface area contributed by atoms with Crippen molar-refractivity contribution >= 4 is 21.6 Å². The van der Waals surface area contributed by atoms with E-state index in [0.717, 1.165) is 25.1 Å². The van der Waals surface area contributed by atoms with Gasteiger partial charge in [-0.15, -0.1) is 0 Å². The summed E-state index contributed by atoms with van der Waals surface area (Å²) < 4.78 is 40.2. The first kappa shape index (κ1) is 19.9. The van der Waals surface area contributed by atoms with Gasteiger partial charge in [-0.25, -0.2) is 12.8 Å². The van der Waals surface area contributed by atoms with Gasteiger partial charge in [-0.3, -0.25) is 9.52 Å². The minimum atomic E-state index is -3.88. The molecule has 0 saturated heterocycles. The van der Waals surface area contributed by atoms with E-state index in [1.165, 1.54) is 30.3 Å². The van der Waals surface area contributed by atoms with E-state index in [4.69, 9.17) is 0 Å². The van der Waals surface area contributed by atoms with Gasteiger partial charge in [-0.2, -0.15) is 0 Å².